The van der Waals surface area contributed by atoms with Crippen LogP contribution in [-0.2, 0) is 48.1 Å². The van der Waals surface area contributed by atoms with Crippen molar-refractivity contribution in [3.8, 4) is 0 Å². The van der Waals surface area contributed by atoms with Gasteiger partial charge in [-0.1, -0.05) is 41.0 Å². The maximum Gasteiger partial charge on any atom is 0.511 e. The number of nitrogens with zero attached hydrogens (tertiary/aromatic N) is 1. The van der Waals surface area contributed by atoms with Gasteiger partial charge in [0.05, 0.1) is 30.1 Å². The Kier molecular flexibility index (Phi) is 16.8. The Morgan fingerprint density at radius 3 is 2.18 bits per heavy atom. The van der Waals surface area contributed by atoms with Crippen LogP contribution >= 0.6 is 0 Å². The molecule has 2 rings (SSSR count). The highest BCUT2D eigenvalue weighted by Crippen LogP contribution is 2.50. The van der Waals surface area contributed by atoms with Crippen LogP contribution in [0.1, 0.15) is 128 Å². The van der Waals surface area contributed by atoms with Crippen molar-refractivity contribution in [2.75, 3.05) is 20.1 Å². The van der Waals surface area contributed by atoms with Crippen LogP contribution in [0.15, 0.2) is 0 Å². The van der Waals surface area contributed by atoms with Crippen molar-refractivity contribution in [3.63, 3.8) is 0 Å². The fourth-order valence-electron chi connectivity index (χ4n) is 6.88. The van der Waals surface area contributed by atoms with Gasteiger partial charge in [-0.15, -0.1) is 0 Å². The lowest BCUT2D eigenvalue weighted by molar-refractivity contribution is -0.225. The van der Waals surface area contributed by atoms with Crippen LogP contribution in [-0.4, -0.2) is 110 Å². The Bertz CT molecular complexity index is 1490. The summed E-state index contributed by atoms with van der Waals surface area (Å²) in [5, 5.41) is 2.36. The van der Waals surface area contributed by atoms with E-state index in [2.05, 4.69) is 17.1 Å². The molecule has 7 atom stereocenters. The lowest BCUT2D eigenvalue weighted by Crippen LogP contribution is -2.63. The average molecular weight is 830 g/mol. The summed E-state index contributed by atoms with van der Waals surface area (Å²) in [5.41, 5.74) is -11.4. The standard InChI is InChI=1S/C38H66F3N3O11S/c1-23(2)18-29(45)55-37(12)26(5)32(47)28(53-33(48)43-34(6,7)22-42-56(49,50)38(39,40)41)17-15-14-16-27(20-30(46)54-36(10,11)35(37,8)9)52-31-19-24(3)44(13)21-25(4)51-31/h23-28,31,42H,14-22H2,1-13H3,(H,43,48)/t24?,25-,26?,27?,28?,31-,37?/m0/s1. The van der Waals surface area contributed by atoms with Crippen molar-refractivity contribution in [1.29, 1.82) is 0 Å². The van der Waals surface area contributed by atoms with Gasteiger partial charge < -0.3 is 33.9 Å². The summed E-state index contributed by atoms with van der Waals surface area (Å²) < 4.78 is 94.2. The second-order valence-electron chi connectivity index (χ2n) is 17.7. The summed E-state index contributed by atoms with van der Waals surface area (Å²) in [6.07, 6.45) is -2.47. The van der Waals surface area contributed by atoms with Gasteiger partial charge in [-0.05, 0) is 80.7 Å². The normalized spacial score (nSPS) is 30.4. The fourth-order valence-corrected chi connectivity index (χ4v) is 7.59. The summed E-state index contributed by atoms with van der Waals surface area (Å²) in [4.78, 5) is 57.1. The number of esters is 2. The minimum atomic E-state index is -5.71. The van der Waals surface area contributed by atoms with E-state index in [1.165, 1.54) is 25.5 Å². The summed E-state index contributed by atoms with van der Waals surface area (Å²) in [7, 11) is -3.71. The van der Waals surface area contributed by atoms with E-state index in [1.54, 1.807) is 34.6 Å². The Hall–Kier alpha value is -2.54. The number of ether oxygens (including phenoxy) is 5. The molecule has 5 unspecified atom stereocenters. The number of ketones is 1. The van der Waals surface area contributed by atoms with Gasteiger partial charge in [0.2, 0.25) is 0 Å². The maximum atomic E-state index is 14.5. The molecule has 56 heavy (non-hydrogen) atoms. The predicted molar refractivity (Wildman–Crippen MR) is 202 cm³/mol. The van der Waals surface area contributed by atoms with Crippen molar-refractivity contribution in [3.05, 3.63) is 0 Å². The van der Waals surface area contributed by atoms with E-state index in [4.69, 9.17) is 23.7 Å². The van der Waals surface area contributed by atoms with Gasteiger partial charge in [0.1, 0.15) is 11.2 Å². The van der Waals surface area contributed by atoms with Crippen molar-refractivity contribution in [2.45, 2.75) is 181 Å². The Morgan fingerprint density at radius 1 is 1.02 bits per heavy atom. The molecule has 2 aliphatic heterocycles. The molecular formula is C38H66F3N3O11S. The smallest absolute Gasteiger partial charge is 0.459 e. The highest BCUT2D eigenvalue weighted by Gasteiger charge is 2.60. The first-order chi connectivity index (χ1) is 25.3. The number of carbonyl (C=O) groups excluding carboxylic acids is 4. The molecule has 0 aromatic rings. The summed E-state index contributed by atoms with van der Waals surface area (Å²) in [6, 6.07) is 0.137. The van der Waals surface area contributed by atoms with E-state index >= 15 is 0 Å². The number of nitrogens with one attached hydrogen (secondary N) is 2. The molecule has 326 valence electrons. The SMILES string of the molecule is CC(C)CC(=O)OC1(C)C(C)C(=O)C(OC(=O)NC(C)(C)CNS(=O)(=O)C(F)(F)F)CCCCC(O[C@H]2CC(C)N(C)C[C@H](C)O2)CC(=O)OC(C)(C)C1(C)C. The predicted octanol–water partition coefficient (Wildman–Crippen LogP) is 6.00. The summed E-state index contributed by atoms with van der Waals surface area (Å²) in [5.74, 6) is -3.00. The number of Topliss-reactive ketones (excluding diaryl/α,β-unsaturated/α-hetero) is 1. The highest BCUT2D eigenvalue weighted by molar-refractivity contribution is 7.90. The number of cyclic esters (lactones) is 1. The molecule has 18 heteroatoms. The topological polar surface area (TPSA) is 176 Å². The third-order valence-electron chi connectivity index (χ3n) is 11.5. The van der Waals surface area contributed by atoms with E-state index in [1.807, 2.05) is 27.8 Å². The number of hydrogen-bond acceptors (Lipinski definition) is 12. The van der Waals surface area contributed by atoms with Crippen molar-refractivity contribution in [2.24, 2.45) is 17.3 Å². The van der Waals surface area contributed by atoms with Crippen LogP contribution < -0.4 is 10.0 Å². The molecular weight excluding hydrogens is 763 g/mol. The largest absolute Gasteiger partial charge is 0.511 e. The second kappa shape index (κ2) is 19.0. The number of amides is 1. The van der Waals surface area contributed by atoms with E-state index in [9.17, 15) is 40.8 Å². The Morgan fingerprint density at radius 2 is 1.61 bits per heavy atom. The zero-order valence-electron chi connectivity index (χ0n) is 35.4. The minimum Gasteiger partial charge on any atom is -0.459 e. The van der Waals surface area contributed by atoms with Crippen LogP contribution in [0, 0.1) is 17.3 Å². The van der Waals surface area contributed by atoms with Gasteiger partial charge in [0.15, 0.2) is 18.2 Å². The molecule has 14 nitrogen and oxygen atoms in total. The summed E-state index contributed by atoms with van der Waals surface area (Å²) >= 11 is 0. The lowest BCUT2D eigenvalue weighted by atomic mass is 9.60. The third kappa shape index (κ3) is 13.2. The number of halogens is 3. The number of hydrogen-bond donors (Lipinski definition) is 2. The zero-order valence-corrected chi connectivity index (χ0v) is 36.2. The second-order valence-corrected chi connectivity index (χ2v) is 19.5. The molecule has 2 heterocycles. The highest BCUT2D eigenvalue weighted by atomic mass is 32.2. The fraction of sp³-hybridized carbons (Fsp3) is 0.895. The minimum absolute atomic E-state index is 0.00642. The number of alkyl carbamates (subject to hydrolysis) is 1. The van der Waals surface area contributed by atoms with E-state index < -0.39 is 92.5 Å². The third-order valence-corrected chi connectivity index (χ3v) is 12.6. The zero-order chi connectivity index (χ0) is 43.2. The van der Waals surface area contributed by atoms with Gasteiger partial charge in [-0.2, -0.15) is 13.2 Å². The van der Waals surface area contributed by atoms with Crippen molar-refractivity contribution >= 4 is 33.8 Å². The molecule has 0 spiro atoms. The first-order valence-electron chi connectivity index (χ1n) is 19.4. The van der Waals surface area contributed by atoms with Gasteiger partial charge in [-0.3, -0.25) is 14.4 Å². The average Bonchev–Trinajstić information content (AvgIpc) is 3.13. The molecule has 0 bridgehead atoms. The number of carbonyl (C=O) groups is 4. The van der Waals surface area contributed by atoms with Crippen molar-refractivity contribution < 1.29 is 64.5 Å². The molecule has 0 radical (unpaired) electrons. The van der Waals surface area contributed by atoms with Crippen molar-refractivity contribution in [1.82, 2.24) is 14.9 Å². The first-order valence-corrected chi connectivity index (χ1v) is 20.9. The monoisotopic (exact) mass is 829 g/mol. The molecule has 2 saturated heterocycles. The van der Waals surface area contributed by atoms with Crippen LogP contribution in [0.5, 0.6) is 0 Å². The Labute approximate surface area is 331 Å². The molecule has 0 saturated carbocycles. The summed E-state index contributed by atoms with van der Waals surface area (Å²) in [6.45, 7) is 20.0. The molecule has 0 aromatic carbocycles. The number of sulfonamides is 1. The molecule has 2 N–H and O–H groups in total. The van der Waals surface area contributed by atoms with Gasteiger partial charge in [0.25, 0.3) is 0 Å². The van der Waals surface area contributed by atoms with Gasteiger partial charge >= 0.3 is 33.6 Å². The quantitative estimate of drug-likeness (QED) is 0.194. The van der Waals surface area contributed by atoms with Gasteiger partial charge in [-0.25, -0.2) is 17.9 Å². The number of rotatable bonds is 10. The lowest BCUT2D eigenvalue weighted by Gasteiger charge is -2.53. The van der Waals surface area contributed by atoms with E-state index in [-0.39, 0.29) is 37.3 Å². The van der Waals surface area contributed by atoms with Gasteiger partial charge in [0, 0.05) is 37.4 Å². The van der Waals surface area contributed by atoms with Crippen LogP contribution in [0.25, 0.3) is 0 Å². The molecule has 1 amide bonds. The first kappa shape index (κ1) is 49.6. The molecule has 2 fully saturated rings. The van der Waals surface area contributed by atoms with Crippen LogP contribution in [0.2, 0.25) is 0 Å². The number of alkyl halides is 3. The Balaban J connectivity index is 2.54. The van der Waals surface area contributed by atoms with Crippen LogP contribution in [0.3, 0.4) is 0 Å². The molecule has 2 aliphatic rings. The van der Waals surface area contributed by atoms with Crippen LogP contribution in [0.4, 0.5) is 18.0 Å². The van der Waals surface area contributed by atoms with E-state index in [0.717, 1.165) is 0 Å². The molecule has 0 aromatic heterocycles. The molecule has 0 aliphatic carbocycles. The van der Waals surface area contributed by atoms with E-state index in [0.29, 0.717) is 32.2 Å². The number of likely N-dealkylation sites (N-methyl/N-ethyl adjacent to an activating group) is 1. The maximum absolute atomic E-state index is 14.5.